The van der Waals surface area contributed by atoms with Gasteiger partial charge in [0.15, 0.2) is 0 Å². The van der Waals surface area contributed by atoms with E-state index in [2.05, 4.69) is 15.3 Å². The lowest BCUT2D eigenvalue weighted by Crippen LogP contribution is -2.48. The molecule has 0 spiro atoms. The van der Waals surface area contributed by atoms with Gasteiger partial charge in [-0.1, -0.05) is 18.2 Å². The second kappa shape index (κ2) is 9.27. The van der Waals surface area contributed by atoms with E-state index in [-0.39, 0.29) is 17.6 Å². The van der Waals surface area contributed by atoms with Crippen molar-refractivity contribution in [2.24, 2.45) is 0 Å². The highest BCUT2D eigenvalue weighted by Gasteiger charge is 2.24. The van der Waals surface area contributed by atoms with Crippen molar-refractivity contribution in [2.75, 3.05) is 31.1 Å². The van der Waals surface area contributed by atoms with Crippen molar-refractivity contribution in [1.82, 2.24) is 19.8 Å². The fraction of sp³-hybridized carbons (Fsp3) is 0.192. The number of nitrogens with one attached hydrogen (secondary N) is 1. The number of anilines is 1. The van der Waals surface area contributed by atoms with E-state index < -0.39 is 0 Å². The molecule has 0 saturated carbocycles. The first-order valence-electron chi connectivity index (χ1n) is 11.2. The summed E-state index contributed by atoms with van der Waals surface area (Å²) in [7, 11) is 0. The minimum Gasteiger partial charge on any atom is -0.508 e. The lowest BCUT2D eigenvalue weighted by Gasteiger charge is -2.36. The molecule has 2 amide bonds. The zero-order valence-corrected chi connectivity index (χ0v) is 18.6. The Morgan fingerprint density at radius 1 is 0.941 bits per heavy atom. The van der Waals surface area contributed by atoms with Crippen LogP contribution in [0.3, 0.4) is 0 Å². The lowest BCUT2D eigenvalue weighted by atomic mass is 10.1. The van der Waals surface area contributed by atoms with E-state index in [1.807, 2.05) is 47.4 Å². The molecule has 1 saturated heterocycles. The molecule has 172 valence electrons. The summed E-state index contributed by atoms with van der Waals surface area (Å²) in [5, 5.41) is 16.8. The van der Waals surface area contributed by atoms with Crippen LogP contribution >= 0.6 is 0 Å². The molecule has 8 nitrogen and oxygen atoms in total. The number of aromatic nitrogens is 2. The van der Waals surface area contributed by atoms with Crippen molar-refractivity contribution in [3.8, 4) is 5.75 Å². The predicted octanol–water partition coefficient (Wildman–Crippen LogP) is 2.93. The third-order valence-electron chi connectivity index (χ3n) is 6.09. The van der Waals surface area contributed by atoms with Gasteiger partial charge >= 0.3 is 0 Å². The fourth-order valence-corrected chi connectivity index (χ4v) is 4.17. The monoisotopic (exact) mass is 455 g/mol. The maximum absolute atomic E-state index is 13.3. The zero-order valence-electron chi connectivity index (χ0n) is 18.6. The van der Waals surface area contributed by atoms with Gasteiger partial charge in [-0.15, -0.1) is 0 Å². The summed E-state index contributed by atoms with van der Waals surface area (Å²) < 4.78 is 1.68. The Hall–Kier alpha value is -4.33. The molecule has 2 N–H and O–H groups in total. The Bertz CT molecular complexity index is 1310. The molecule has 0 radical (unpaired) electrons. The van der Waals surface area contributed by atoms with Crippen LogP contribution in [0.5, 0.6) is 5.75 Å². The smallest absolute Gasteiger partial charge is 0.257 e. The van der Waals surface area contributed by atoms with Crippen LogP contribution in [0.15, 0.2) is 79.1 Å². The van der Waals surface area contributed by atoms with Gasteiger partial charge in [-0.25, -0.2) is 4.52 Å². The van der Waals surface area contributed by atoms with Gasteiger partial charge in [0.05, 0.1) is 17.3 Å². The van der Waals surface area contributed by atoms with Gasteiger partial charge in [0.1, 0.15) is 5.75 Å². The molecule has 1 aliphatic heterocycles. The van der Waals surface area contributed by atoms with Crippen molar-refractivity contribution in [3.63, 3.8) is 0 Å². The van der Waals surface area contributed by atoms with Crippen LogP contribution in [0.4, 0.5) is 5.69 Å². The maximum atomic E-state index is 13.3. The van der Waals surface area contributed by atoms with Crippen molar-refractivity contribution >= 4 is 23.0 Å². The number of hydrogen-bond acceptors (Lipinski definition) is 5. The number of benzene rings is 2. The number of carbonyl (C=O) groups is 2. The first kappa shape index (κ1) is 21.5. The number of rotatable bonds is 5. The summed E-state index contributed by atoms with van der Waals surface area (Å²) in [6.45, 7) is 2.99. The molecule has 2 aromatic carbocycles. The molecule has 4 aromatic rings. The third kappa shape index (κ3) is 4.43. The number of nitrogens with zero attached hydrogens (tertiary/aromatic N) is 4. The van der Waals surface area contributed by atoms with Crippen LogP contribution in [0.25, 0.3) is 5.52 Å². The van der Waals surface area contributed by atoms with E-state index in [1.54, 1.807) is 41.2 Å². The van der Waals surface area contributed by atoms with Crippen LogP contribution in [0.1, 0.15) is 26.3 Å². The number of phenols is 1. The highest BCUT2D eigenvalue weighted by Crippen LogP contribution is 2.21. The standard InChI is InChI=1S/C26H25N5O3/c32-22-8-6-21(7-9-22)29-12-14-30(15-13-29)26(34)23-18-28-31-11-10-19(16-24(23)31)17-27-25(33)20-4-2-1-3-5-20/h1-11,16,18,32H,12-15,17H2,(H,27,33). The lowest BCUT2D eigenvalue weighted by molar-refractivity contribution is 0.0748. The van der Waals surface area contributed by atoms with Gasteiger partial charge in [0.2, 0.25) is 0 Å². The summed E-state index contributed by atoms with van der Waals surface area (Å²) in [6, 6.07) is 20.0. The number of phenolic OH excluding ortho intramolecular Hbond substituents is 1. The van der Waals surface area contributed by atoms with Crippen LogP contribution < -0.4 is 10.2 Å². The largest absolute Gasteiger partial charge is 0.508 e. The minimum atomic E-state index is -0.142. The average Bonchev–Trinajstić information content (AvgIpc) is 3.31. The second-order valence-corrected chi connectivity index (χ2v) is 8.27. The quantitative estimate of drug-likeness (QED) is 0.483. The van der Waals surface area contributed by atoms with Gasteiger partial charge in [0, 0.05) is 50.2 Å². The number of piperazine rings is 1. The number of pyridine rings is 1. The number of hydrogen-bond donors (Lipinski definition) is 2. The van der Waals surface area contributed by atoms with E-state index in [4.69, 9.17) is 0 Å². The Morgan fingerprint density at radius 3 is 2.41 bits per heavy atom. The highest BCUT2D eigenvalue weighted by molar-refractivity contribution is 6.01. The molecule has 5 rings (SSSR count). The van der Waals surface area contributed by atoms with Gasteiger partial charge in [-0.3, -0.25) is 9.59 Å². The average molecular weight is 456 g/mol. The summed E-state index contributed by atoms with van der Waals surface area (Å²) >= 11 is 0. The van der Waals surface area contributed by atoms with Crippen molar-refractivity contribution in [3.05, 3.63) is 95.8 Å². The normalized spacial score (nSPS) is 13.8. The predicted molar refractivity (Wildman–Crippen MR) is 129 cm³/mol. The third-order valence-corrected chi connectivity index (χ3v) is 6.09. The first-order valence-corrected chi connectivity index (χ1v) is 11.2. The van der Waals surface area contributed by atoms with Crippen LogP contribution in [-0.4, -0.2) is 57.6 Å². The van der Waals surface area contributed by atoms with E-state index in [1.165, 1.54) is 0 Å². The van der Waals surface area contributed by atoms with Crippen LogP contribution in [0, 0.1) is 0 Å². The summed E-state index contributed by atoms with van der Waals surface area (Å²) in [5.74, 6) is 0.0484. The second-order valence-electron chi connectivity index (χ2n) is 8.27. The molecule has 0 unspecified atom stereocenters. The highest BCUT2D eigenvalue weighted by atomic mass is 16.3. The number of fused-ring (bicyclic) bond motifs is 1. The Kier molecular flexibility index (Phi) is 5.86. The van der Waals surface area contributed by atoms with Crippen LogP contribution in [0.2, 0.25) is 0 Å². The van der Waals surface area contributed by atoms with Crippen molar-refractivity contribution in [1.29, 1.82) is 0 Å². The maximum Gasteiger partial charge on any atom is 0.257 e. The van der Waals surface area contributed by atoms with Gasteiger partial charge in [-0.05, 0) is 54.1 Å². The first-order chi connectivity index (χ1) is 16.6. The Morgan fingerprint density at radius 2 is 1.68 bits per heavy atom. The fourth-order valence-electron chi connectivity index (χ4n) is 4.17. The molecule has 8 heteroatoms. The molecule has 2 aromatic heterocycles. The molecule has 0 bridgehead atoms. The summed E-state index contributed by atoms with van der Waals surface area (Å²) in [5.41, 5.74) is 3.80. The van der Waals surface area contributed by atoms with E-state index in [9.17, 15) is 14.7 Å². The van der Waals surface area contributed by atoms with Gasteiger partial charge < -0.3 is 20.2 Å². The molecular weight excluding hydrogens is 430 g/mol. The SMILES string of the molecule is O=C(NCc1ccn2ncc(C(=O)N3CCN(c4ccc(O)cc4)CC3)c2c1)c1ccccc1. The molecule has 0 aliphatic carbocycles. The molecule has 3 heterocycles. The van der Waals surface area contributed by atoms with Gasteiger partial charge in [-0.2, -0.15) is 5.10 Å². The number of carbonyl (C=O) groups excluding carboxylic acids is 2. The van der Waals surface area contributed by atoms with Gasteiger partial charge in [0.25, 0.3) is 11.8 Å². The zero-order chi connectivity index (χ0) is 23.5. The van der Waals surface area contributed by atoms with E-state index in [0.29, 0.717) is 43.9 Å². The van der Waals surface area contributed by atoms with Crippen LogP contribution in [-0.2, 0) is 6.54 Å². The molecule has 34 heavy (non-hydrogen) atoms. The molecule has 0 atom stereocenters. The van der Waals surface area contributed by atoms with E-state index in [0.717, 1.165) is 16.8 Å². The van der Waals surface area contributed by atoms with Crippen molar-refractivity contribution < 1.29 is 14.7 Å². The minimum absolute atomic E-state index is 0.0502. The Labute approximate surface area is 197 Å². The van der Waals surface area contributed by atoms with Crippen molar-refractivity contribution in [2.45, 2.75) is 6.54 Å². The summed E-state index contributed by atoms with van der Waals surface area (Å²) in [6.07, 6.45) is 3.41. The topological polar surface area (TPSA) is 90.2 Å². The van der Waals surface area contributed by atoms with E-state index >= 15 is 0 Å². The number of amides is 2. The molecule has 1 aliphatic rings. The molecular formula is C26H25N5O3. The molecule has 1 fully saturated rings. The Balaban J connectivity index is 1.26. The number of aromatic hydroxyl groups is 1. The summed E-state index contributed by atoms with van der Waals surface area (Å²) in [4.78, 5) is 29.7.